The lowest BCUT2D eigenvalue weighted by Crippen LogP contribution is -2.32. The Morgan fingerprint density at radius 3 is 2.57 bits per heavy atom. The first-order valence-corrected chi connectivity index (χ1v) is 12.7. The molecule has 1 aliphatic rings. The molecule has 1 aromatic heterocycles. The van der Waals surface area contributed by atoms with E-state index in [1.807, 2.05) is 36.4 Å². The molecule has 0 aliphatic carbocycles. The summed E-state index contributed by atoms with van der Waals surface area (Å²) in [5, 5.41) is 12.5. The highest BCUT2D eigenvalue weighted by atomic mass is 16.5. The van der Waals surface area contributed by atoms with Crippen molar-refractivity contribution in [1.82, 2.24) is 15.5 Å². The molecule has 1 N–H and O–H groups in total. The van der Waals surface area contributed by atoms with E-state index in [0.29, 0.717) is 24.3 Å². The lowest BCUT2D eigenvalue weighted by molar-refractivity contribution is 0.0811. The average molecular weight is 476 g/mol. The Morgan fingerprint density at radius 2 is 1.83 bits per heavy atom. The van der Waals surface area contributed by atoms with Gasteiger partial charge in [0.2, 0.25) is 5.88 Å². The van der Waals surface area contributed by atoms with E-state index in [-0.39, 0.29) is 6.10 Å². The Bertz CT molecular complexity index is 1040. The number of hydrogen-bond acceptors (Lipinski definition) is 6. The number of aromatic nitrogens is 2. The molecule has 3 atom stereocenters. The van der Waals surface area contributed by atoms with Crippen LogP contribution in [0.5, 0.6) is 11.6 Å². The maximum absolute atomic E-state index is 6.31. The van der Waals surface area contributed by atoms with Crippen LogP contribution >= 0.6 is 0 Å². The van der Waals surface area contributed by atoms with Crippen LogP contribution in [0.25, 0.3) is 11.1 Å². The molecule has 1 aliphatic heterocycles. The van der Waals surface area contributed by atoms with Gasteiger partial charge in [0.05, 0.1) is 12.3 Å². The number of hydrogen-bond donors (Lipinski definition) is 1. The van der Waals surface area contributed by atoms with E-state index in [1.54, 1.807) is 7.11 Å². The van der Waals surface area contributed by atoms with Gasteiger partial charge in [-0.25, -0.2) is 0 Å². The van der Waals surface area contributed by atoms with Gasteiger partial charge in [-0.3, -0.25) is 0 Å². The van der Waals surface area contributed by atoms with Crippen LogP contribution < -0.4 is 14.8 Å². The fourth-order valence-electron chi connectivity index (χ4n) is 4.68. The Balaban J connectivity index is 1.49. The van der Waals surface area contributed by atoms with Crippen LogP contribution in [0.15, 0.2) is 60.7 Å². The molecular formula is C29H37N3O3. The van der Waals surface area contributed by atoms with E-state index in [4.69, 9.17) is 14.2 Å². The highest BCUT2D eigenvalue weighted by Gasteiger charge is 2.33. The minimum absolute atomic E-state index is 0.0163. The summed E-state index contributed by atoms with van der Waals surface area (Å²) < 4.78 is 17.7. The molecule has 0 spiro atoms. The van der Waals surface area contributed by atoms with Crippen molar-refractivity contribution in [2.24, 2.45) is 11.8 Å². The molecule has 0 bridgehead atoms. The summed E-state index contributed by atoms with van der Waals surface area (Å²) in [6.45, 7) is 7.47. The van der Waals surface area contributed by atoms with Crippen LogP contribution in [0.4, 0.5) is 0 Å². The molecule has 2 aromatic carbocycles. The van der Waals surface area contributed by atoms with Gasteiger partial charge < -0.3 is 19.5 Å². The first-order chi connectivity index (χ1) is 17.2. The van der Waals surface area contributed by atoms with Crippen molar-refractivity contribution in [2.45, 2.75) is 45.8 Å². The molecule has 6 nitrogen and oxygen atoms in total. The van der Waals surface area contributed by atoms with E-state index in [1.165, 1.54) is 0 Å². The number of unbranched alkanes of at least 4 members (excludes halogenated alkanes) is 1. The highest BCUT2D eigenvalue weighted by Crippen LogP contribution is 2.30. The predicted octanol–water partition coefficient (Wildman–Crippen LogP) is 5.31. The molecule has 0 radical (unpaired) electrons. The zero-order chi connectivity index (χ0) is 24.5. The zero-order valence-electron chi connectivity index (χ0n) is 21.1. The van der Waals surface area contributed by atoms with Gasteiger partial charge in [0.1, 0.15) is 18.5 Å². The number of aryl methyl sites for hydroxylation is 1. The molecule has 6 heteroatoms. The second kappa shape index (κ2) is 12.7. The Labute approximate surface area is 209 Å². The number of methoxy groups -OCH3 is 1. The molecule has 35 heavy (non-hydrogen) atoms. The number of ether oxygens (including phenoxy) is 3. The summed E-state index contributed by atoms with van der Waals surface area (Å²) in [5.74, 6) is 2.23. The van der Waals surface area contributed by atoms with Crippen LogP contribution in [0.1, 0.15) is 37.9 Å². The van der Waals surface area contributed by atoms with Crippen molar-refractivity contribution in [3.05, 3.63) is 71.9 Å². The van der Waals surface area contributed by atoms with Crippen molar-refractivity contribution in [1.29, 1.82) is 0 Å². The van der Waals surface area contributed by atoms with E-state index in [9.17, 15) is 0 Å². The predicted molar refractivity (Wildman–Crippen MR) is 139 cm³/mol. The maximum Gasteiger partial charge on any atom is 0.234 e. The summed E-state index contributed by atoms with van der Waals surface area (Å²) in [4.78, 5) is 0. The molecule has 4 rings (SSSR count). The quantitative estimate of drug-likeness (QED) is 0.383. The fourth-order valence-corrected chi connectivity index (χ4v) is 4.68. The minimum atomic E-state index is 0.0163. The Morgan fingerprint density at radius 1 is 1.03 bits per heavy atom. The van der Waals surface area contributed by atoms with Gasteiger partial charge in [-0.05, 0) is 43.0 Å². The number of benzene rings is 2. The van der Waals surface area contributed by atoms with Crippen LogP contribution in [0.2, 0.25) is 0 Å². The molecule has 2 heterocycles. The van der Waals surface area contributed by atoms with Crippen LogP contribution in [0, 0.1) is 11.8 Å². The SMILES string of the molecule is CCCCc1nnc(OC(C)C2CNCC2COC)cc1-c1ccc(OCc2ccccc2)cc1. The van der Waals surface area contributed by atoms with Gasteiger partial charge in [-0.2, -0.15) is 5.10 Å². The number of rotatable bonds is 12. The van der Waals surface area contributed by atoms with Gasteiger partial charge in [0.25, 0.3) is 0 Å². The zero-order valence-corrected chi connectivity index (χ0v) is 21.1. The third-order valence-electron chi connectivity index (χ3n) is 6.71. The molecule has 1 fully saturated rings. The smallest absolute Gasteiger partial charge is 0.234 e. The molecular weight excluding hydrogens is 438 g/mol. The van der Waals surface area contributed by atoms with Gasteiger partial charge in [-0.1, -0.05) is 55.8 Å². The summed E-state index contributed by atoms with van der Waals surface area (Å²) in [6, 6.07) is 20.5. The number of nitrogens with one attached hydrogen (secondary N) is 1. The van der Waals surface area contributed by atoms with Crippen molar-refractivity contribution < 1.29 is 14.2 Å². The van der Waals surface area contributed by atoms with Crippen molar-refractivity contribution in [3.63, 3.8) is 0 Å². The van der Waals surface area contributed by atoms with Gasteiger partial charge in [-0.15, -0.1) is 5.10 Å². The third kappa shape index (κ3) is 6.80. The Hall–Kier alpha value is -2.96. The van der Waals surface area contributed by atoms with Crippen LogP contribution in [-0.2, 0) is 17.8 Å². The van der Waals surface area contributed by atoms with Crippen LogP contribution in [-0.4, -0.2) is 43.1 Å². The fraction of sp³-hybridized carbons (Fsp3) is 0.448. The van der Waals surface area contributed by atoms with Gasteiger partial charge in [0, 0.05) is 43.7 Å². The first-order valence-electron chi connectivity index (χ1n) is 12.7. The van der Waals surface area contributed by atoms with Gasteiger partial charge >= 0.3 is 0 Å². The molecule has 3 unspecified atom stereocenters. The topological polar surface area (TPSA) is 65.5 Å². The molecule has 0 amide bonds. The van der Waals surface area contributed by atoms with Crippen molar-refractivity contribution >= 4 is 0 Å². The third-order valence-corrected chi connectivity index (χ3v) is 6.71. The average Bonchev–Trinajstić information content (AvgIpc) is 3.36. The molecule has 3 aromatic rings. The number of nitrogens with zero attached hydrogens (tertiary/aromatic N) is 2. The monoisotopic (exact) mass is 475 g/mol. The molecule has 0 saturated carbocycles. The van der Waals surface area contributed by atoms with Crippen LogP contribution in [0.3, 0.4) is 0 Å². The summed E-state index contributed by atoms with van der Waals surface area (Å²) in [6.07, 6.45) is 3.09. The van der Waals surface area contributed by atoms with E-state index in [2.05, 4.69) is 53.6 Å². The second-order valence-electron chi connectivity index (χ2n) is 9.31. The van der Waals surface area contributed by atoms with Gasteiger partial charge in [0.15, 0.2) is 0 Å². The van der Waals surface area contributed by atoms with E-state index < -0.39 is 0 Å². The highest BCUT2D eigenvalue weighted by molar-refractivity contribution is 5.67. The molecule has 1 saturated heterocycles. The van der Waals surface area contributed by atoms with Crippen molar-refractivity contribution in [2.75, 3.05) is 26.8 Å². The summed E-state index contributed by atoms with van der Waals surface area (Å²) >= 11 is 0. The molecule has 186 valence electrons. The van der Waals surface area contributed by atoms with E-state index >= 15 is 0 Å². The Kier molecular flexibility index (Phi) is 9.09. The van der Waals surface area contributed by atoms with Crippen molar-refractivity contribution in [3.8, 4) is 22.8 Å². The summed E-state index contributed by atoms with van der Waals surface area (Å²) in [7, 11) is 1.76. The minimum Gasteiger partial charge on any atom is -0.489 e. The lowest BCUT2D eigenvalue weighted by Gasteiger charge is -2.25. The normalized spacial score (nSPS) is 18.4. The van der Waals surface area contributed by atoms with E-state index in [0.717, 1.165) is 67.1 Å². The standard InChI is InChI=1S/C29H37N3O3/c1-4-5-11-28-26(23-12-14-25(15-13-23)34-19-22-9-7-6-8-10-22)16-29(32-31-28)35-21(2)27-18-30-17-24(27)20-33-3/h6-10,12-16,21,24,27,30H,4-5,11,17-20H2,1-3H3. The second-order valence-corrected chi connectivity index (χ2v) is 9.31. The largest absolute Gasteiger partial charge is 0.489 e. The maximum atomic E-state index is 6.31. The summed E-state index contributed by atoms with van der Waals surface area (Å²) in [5.41, 5.74) is 4.32. The first kappa shape index (κ1) is 25.1. The lowest BCUT2D eigenvalue weighted by atomic mass is 9.92.